The van der Waals surface area contributed by atoms with Gasteiger partial charge >= 0.3 is 5.97 Å². The Balaban J connectivity index is 3.05. The van der Waals surface area contributed by atoms with Gasteiger partial charge in [0.2, 0.25) is 23.6 Å². The highest BCUT2D eigenvalue weighted by molar-refractivity contribution is 5.94. The number of primary amides is 1. The fourth-order valence-electron chi connectivity index (χ4n) is 3.19. The van der Waals surface area contributed by atoms with Crippen LogP contribution < -0.4 is 27.4 Å². The number of aliphatic carboxylic acids is 1. The van der Waals surface area contributed by atoms with Crippen LogP contribution in [0.5, 0.6) is 0 Å². The van der Waals surface area contributed by atoms with Crippen molar-refractivity contribution < 1.29 is 34.2 Å². The summed E-state index contributed by atoms with van der Waals surface area (Å²) < 4.78 is 0. The lowest BCUT2D eigenvalue weighted by Crippen LogP contribution is -2.59. The highest BCUT2D eigenvalue weighted by Crippen LogP contribution is 2.08. The van der Waals surface area contributed by atoms with Gasteiger partial charge in [-0.05, 0) is 24.8 Å². The maximum Gasteiger partial charge on any atom is 0.328 e. The molecule has 12 heteroatoms. The maximum atomic E-state index is 13.1. The van der Waals surface area contributed by atoms with Crippen LogP contribution in [0.4, 0.5) is 0 Å². The lowest BCUT2D eigenvalue weighted by molar-refractivity contribution is -0.145. The third-order valence-corrected chi connectivity index (χ3v) is 5.25. The van der Waals surface area contributed by atoms with Crippen LogP contribution in [-0.4, -0.2) is 70.1 Å². The molecule has 35 heavy (non-hydrogen) atoms. The Kier molecular flexibility index (Phi) is 11.8. The van der Waals surface area contributed by atoms with Crippen molar-refractivity contribution in [1.29, 1.82) is 0 Å². The number of hydrogen-bond donors (Lipinski definition) is 7. The Bertz CT molecular complexity index is 892. The molecule has 0 heterocycles. The number of nitrogens with one attached hydrogen (secondary N) is 3. The molecule has 5 atom stereocenters. The lowest BCUT2D eigenvalue weighted by Gasteiger charge is -2.27. The molecule has 1 aromatic rings. The smallest absolute Gasteiger partial charge is 0.328 e. The lowest BCUT2D eigenvalue weighted by atomic mass is 10.00. The number of carbonyl (C=O) groups is 5. The summed E-state index contributed by atoms with van der Waals surface area (Å²) in [7, 11) is 0. The first-order valence-corrected chi connectivity index (χ1v) is 11.2. The van der Waals surface area contributed by atoms with Crippen LogP contribution >= 0.6 is 0 Å². The molecule has 9 N–H and O–H groups in total. The molecule has 0 bridgehead atoms. The fourth-order valence-corrected chi connectivity index (χ4v) is 3.19. The van der Waals surface area contributed by atoms with E-state index in [4.69, 9.17) is 11.5 Å². The summed E-state index contributed by atoms with van der Waals surface area (Å²) in [5.74, 6) is -4.61. The average Bonchev–Trinajstić information content (AvgIpc) is 2.78. The van der Waals surface area contributed by atoms with Crippen molar-refractivity contribution in [3.8, 4) is 0 Å². The van der Waals surface area contributed by atoms with E-state index in [1.54, 1.807) is 44.2 Å². The second-order valence-electron chi connectivity index (χ2n) is 8.66. The largest absolute Gasteiger partial charge is 0.480 e. The predicted octanol–water partition coefficient (Wildman–Crippen LogP) is -1.60. The van der Waals surface area contributed by atoms with Crippen LogP contribution in [-0.2, 0) is 30.4 Å². The number of nitrogens with two attached hydrogens (primary N) is 2. The Labute approximate surface area is 203 Å². The van der Waals surface area contributed by atoms with Crippen LogP contribution in [0.15, 0.2) is 30.3 Å². The molecule has 0 aliphatic heterocycles. The number of carboxylic acid groups (broad SMARTS) is 1. The Morgan fingerprint density at radius 3 is 1.94 bits per heavy atom. The highest BCUT2D eigenvalue weighted by atomic mass is 16.4. The Morgan fingerprint density at radius 2 is 1.46 bits per heavy atom. The van der Waals surface area contributed by atoms with Gasteiger partial charge < -0.3 is 37.6 Å². The van der Waals surface area contributed by atoms with Crippen molar-refractivity contribution in [1.82, 2.24) is 16.0 Å². The molecular formula is C23H35N5O7. The SMILES string of the molecule is CC(C)C(NC(=O)C(N)CCC(N)=O)C(=O)NC(Cc1ccccc1)C(=O)NC(C(=O)O)C(C)O. The molecule has 194 valence electrons. The zero-order valence-corrected chi connectivity index (χ0v) is 20.1. The minimum absolute atomic E-state index is 0.00254. The van der Waals surface area contributed by atoms with Crippen LogP contribution in [0.3, 0.4) is 0 Å². The molecular weight excluding hydrogens is 458 g/mol. The van der Waals surface area contributed by atoms with Crippen LogP contribution in [0.25, 0.3) is 0 Å². The van der Waals surface area contributed by atoms with Crippen molar-refractivity contribution in [3.05, 3.63) is 35.9 Å². The van der Waals surface area contributed by atoms with Gasteiger partial charge in [-0.25, -0.2) is 4.79 Å². The minimum Gasteiger partial charge on any atom is -0.480 e. The van der Waals surface area contributed by atoms with E-state index >= 15 is 0 Å². The number of rotatable bonds is 14. The van der Waals surface area contributed by atoms with E-state index in [1.807, 2.05) is 0 Å². The fraction of sp³-hybridized carbons (Fsp3) is 0.522. The number of aliphatic hydroxyl groups excluding tert-OH is 1. The van der Waals surface area contributed by atoms with Crippen molar-refractivity contribution in [3.63, 3.8) is 0 Å². The topological polar surface area (TPSA) is 214 Å². The van der Waals surface area contributed by atoms with Gasteiger partial charge in [0.15, 0.2) is 6.04 Å². The quantitative estimate of drug-likeness (QED) is 0.160. The van der Waals surface area contributed by atoms with Gasteiger partial charge in [0, 0.05) is 12.8 Å². The summed E-state index contributed by atoms with van der Waals surface area (Å²) in [5, 5.41) is 26.3. The van der Waals surface area contributed by atoms with Gasteiger partial charge in [-0.3, -0.25) is 19.2 Å². The van der Waals surface area contributed by atoms with Gasteiger partial charge in [0.1, 0.15) is 12.1 Å². The van der Waals surface area contributed by atoms with Gasteiger partial charge in [-0.1, -0.05) is 44.2 Å². The van der Waals surface area contributed by atoms with E-state index in [0.717, 1.165) is 0 Å². The van der Waals surface area contributed by atoms with E-state index in [2.05, 4.69) is 16.0 Å². The molecule has 1 aromatic carbocycles. The monoisotopic (exact) mass is 493 g/mol. The molecule has 0 aromatic heterocycles. The third kappa shape index (κ3) is 10.1. The molecule has 0 aliphatic rings. The summed E-state index contributed by atoms with van der Waals surface area (Å²) in [5.41, 5.74) is 11.5. The van der Waals surface area contributed by atoms with Crippen molar-refractivity contribution >= 4 is 29.6 Å². The van der Waals surface area contributed by atoms with Crippen LogP contribution in [0.1, 0.15) is 39.2 Å². The van der Waals surface area contributed by atoms with Crippen LogP contribution in [0, 0.1) is 5.92 Å². The summed E-state index contributed by atoms with van der Waals surface area (Å²) in [4.78, 5) is 60.8. The first-order chi connectivity index (χ1) is 16.3. The molecule has 5 unspecified atom stereocenters. The first-order valence-electron chi connectivity index (χ1n) is 11.2. The van der Waals surface area contributed by atoms with Gasteiger partial charge in [0.05, 0.1) is 12.1 Å². The minimum atomic E-state index is -1.58. The molecule has 0 fully saturated rings. The normalized spacial score (nSPS) is 15.3. The van der Waals surface area contributed by atoms with Crippen LogP contribution in [0.2, 0.25) is 0 Å². The number of benzene rings is 1. The Hall–Kier alpha value is -3.51. The predicted molar refractivity (Wildman–Crippen MR) is 126 cm³/mol. The van der Waals surface area contributed by atoms with E-state index in [0.29, 0.717) is 5.56 Å². The number of aliphatic hydroxyl groups is 1. The molecule has 0 saturated carbocycles. The van der Waals surface area contributed by atoms with Crippen molar-refractivity contribution in [2.24, 2.45) is 17.4 Å². The number of carbonyl (C=O) groups excluding carboxylic acids is 4. The molecule has 12 nitrogen and oxygen atoms in total. The zero-order valence-electron chi connectivity index (χ0n) is 20.1. The summed E-state index contributed by atoms with van der Waals surface area (Å²) in [6.45, 7) is 4.58. The summed E-state index contributed by atoms with van der Waals surface area (Å²) in [6.07, 6.45) is -1.45. The molecule has 0 radical (unpaired) electrons. The van der Waals surface area contributed by atoms with Gasteiger partial charge in [-0.15, -0.1) is 0 Å². The van der Waals surface area contributed by atoms with E-state index < -0.39 is 65.8 Å². The first kappa shape index (κ1) is 29.5. The molecule has 4 amide bonds. The second kappa shape index (κ2) is 14.0. The summed E-state index contributed by atoms with van der Waals surface area (Å²) in [6, 6.07) is 3.80. The van der Waals surface area contributed by atoms with E-state index in [9.17, 15) is 34.2 Å². The van der Waals surface area contributed by atoms with Gasteiger partial charge in [-0.2, -0.15) is 0 Å². The average molecular weight is 494 g/mol. The standard InChI is InChI=1S/C23H35N5O7/c1-12(2)18(27-20(31)15(24)9-10-17(25)30)22(33)26-16(11-14-7-5-4-6-8-14)21(32)28-19(13(3)29)23(34)35/h4-8,12-13,15-16,18-19,29H,9-11,24H2,1-3H3,(H2,25,30)(H,26,33)(H,27,31)(H,28,32)(H,34,35). The maximum absolute atomic E-state index is 13.1. The molecule has 0 aliphatic carbocycles. The molecule has 1 rings (SSSR count). The second-order valence-corrected chi connectivity index (χ2v) is 8.66. The van der Waals surface area contributed by atoms with E-state index in [1.165, 1.54) is 6.92 Å². The Morgan fingerprint density at radius 1 is 0.886 bits per heavy atom. The highest BCUT2D eigenvalue weighted by Gasteiger charge is 2.33. The number of amides is 4. The summed E-state index contributed by atoms with van der Waals surface area (Å²) >= 11 is 0. The number of carboxylic acids is 1. The molecule has 0 saturated heterocycles. The van der Waals surface area contributed by atoms with Gasteiger partial charge in [0.25, 0.3) is 0 Å². The van der Waals surface area contributed by atoms with Crippen molar-refractivity contribution in [2.45, 2.75) is 70.3 Å². The zero-order chi connectivity index (χ0) is 26.7. The third-order valence-electron chi connectivity index (χ3n) is 5.25. The van der Waals surface area contributed by atoms with E-state index in [-0.39, 0.29) is 19.3 Å². The number of hydrogen-bond acceptors (Lipinski definition) is 7. The van der Waals surface area contributed by atoms with Crippen molar-refractivity contribution in [2.75, 3.05) is 0 Å². The molecule has 0 spiro atoms.